The number of carbonyl (C=O) groups is 1. The molecule has 2 aliphatic rings. The molecule has 2 N–H and O–H groups in total. The maximum absolute atomic E-state index is 12.2. The van der Waals surface area contributed by atoms with E-state index < -0.39 is 12.2 Å². The number of benzene rings is 1. The molecule has 2 heterocycles. The third-order valence-corrected chi connectivity index (χ3v) is 5.64. The molecule has 1 aromatic rings. The molecule has 0 bridgehead atoms. The first-order valence-corrected chi connectivity index (χ1v) is 10.6. The summed E-state index contributed by atoms with van der Waals surface area (Å²) in [4.78, 5) is 17.2. The van der Waals surface area contributed by atoms with E-state index in [1.54, 1.807) is 0 Å². The Kier molecular flexibility index (Phi) is 7.85. The SMILES string of the molecule is CC(C)NC(=O)[C@H]1O[C@H](CCN2CCN(Cc3ccccc3)CC2)CC[C@@H]1O. The van der Waals surface area contributed by atoms with Crippen LogP contribution >= 0.6 is 0 Å². The van der Waals surface area contributed by atoms with Gasteiger partial charge >= 0.3 is 0 Å². The van der Waals surface area contributed by atoms with E-state index in [9.17, 15) is 9.90 Å². The summed E-state index contributed by atoms with van der Waals surface area (Å²) >= 11 is 0. The first-order chi connectivity index (χ1) is 13.5. The predicted octanol–water partition coefficient (Wildman–Crippen LogP) is 1.63. The molecular weight excluding hydrogens is 354 g/mol. The molecule has 156 valence electrons. The number of rotatable bonds is 7. The van der Waals surface area contributed by atoms with Crippen LogP contribution in [-0.2, 0) is 16.1 Å². The van der Waals surface area contributed by atoms with Gasteiger partial charge in [-0.2, -0.15) is 0 Å². The summed E-state index contributed by atoms with van der Waals surface area (Å²) in [6, 6.07) is 10.7. The Hall–Kier alpha value is -1.47. The minimum absolute atomic E-state index is 0.0497. The fourth-order valence-electron chi connectivity index (χ4n) is 4.03. The molecule has 0 saturated carbocycles. The van der Waals surface area contributed by atoms with Crippen molar-refractivity contribution in [1.29, 1.82) is 0 Å². The van der Waals surface area contributed by atoms with Crippen LogP contribution in [-0.4, -0.2) is 77.9 Å². The minimum atomic E-state index is -0.733. The van der Waals surface area contributed by atoms with Crippen molar-refractivity contribution in [2.24, 2.45) is 0 Å². The summed E-state index contributed by atoms with van der Waals surface area (Å²) in [5.41, 5.74) is 1.37. The molecule has 0 aliphatic carbocycles. The maximum atomic E-state index is 12.2. The minimum Gasteiger partial charge on any atom is -0.390 e. The fraction of sp³-hybridized carbons (Fsp3) is 0.682. The molecule has 1 aromatic carbocycles. The van der Waals surface area contributed by atoms with Gasteiger partial charge in [0.25, 0.3) is 5.91 Å². The molecule has 0 unspecified atom stereocenters. The van der Waals surface area contributed by atoms with Gasteiger partial charge in [-0.1, -0.05) is 30.3 Å². The normalized spacial score (nSPS) is 27.1. The average molecular weight is 390 g/mol. The maximum Gasteiger partial charge on any atom is 0.252 e. The predicted molar refractivity (Wildman–Crippen MR) is 110 cm³/mol. The third kappa shape index (κ3) is 6.27. The van der Waals surface area contributed by atoms with Crippen LogP contribution in [0.4, 0.5) is 0 Å². The Balaban J connectivity index is 1.38. The van der Waals surface area contributed by atoms with Gasteiger partial charge in [-0.25, -0.2) is 0 Å². The van der Waals surface area contributed by atoms with Crippen molar-refractivity contribution in [2.45, 2.75) is 64.0 Å². The van der Waals surface area contributed by atoms with E-state index in [-0.39, 0.29) is 18.1 Å². The molecule has 6 heteroatoms. The van der Waals surface area contributed by atoms with E-state index >= 15 is 0 Å². The molecule has 0 spiro atoms. The second-order valence-corrected chi connectivity index (χ2v) is 8.38. The van der Waals surface area contributed by atoms with Crippen LogP contribution in [0, 0.1) is 0 Å². The largest absolute Gasteiger partial charge is 0.390 e. The molecule has 3 atom stereocenters. The number of ether oxygens (including phenoxy) is 1. The zero-order valence-electron chi connectivity index (χ0n) is 17.2. The van der Waals surface area contributed by atoms with Crippen molar-refractivity contribution in [1.82, 2.24) is 15.1 Å². The Morgan fingerprint density at radius 1 is 1.14 bits per heavy atom. The summed E-state index contributed by atoms with van der Waals surface area (Å²) in [5, 5.41) is 13.0. The average Bonchev–Trinajstić information content (AvgIpc) is 2.68. The lowest BCUT2D eigenvalue weighted by Gasteiger charge is -2.37. The summed E-state index contributed by atoms with van der Waals surface area (Å²) in [6.07, 6.45) is 0.984. The number of aliphatic hydroxyl groups excluding tert-OH is 1. The van der Waals surface area contributed by atoms with Crippen LogP contribution in [0.1, 0.15) is 38.7 Å². The number of piperazine rings is 1. The molecular formula is C22H35N3O3. The van der Waals surface area contributed by atoms with Crippen LogP contribution in [0.25, 0.3) is 0 Å². The van der Waals surface area contributed by atoms with E-state index in [0.717, 1.165) is 52.1 Å². The summed E-state index contributed by atoms with van der Waals surface area (Å²) in [6.45, 7) is 10.1. The number of nitrogens with zero attached hydrogens (tertiary/aromatic N) is 2. The van der Waals surface area contributed by atoms with Crippen molar-refractivity contribution in [2.75, 3.05) is 32.7 Å². The quantitative estimate of drug-likeness (QED) is 0.742. The number of nitrogens with one attached hydrogen (secondary N) is 1. The summed E-state index contributed by atoms with van der Waals surface area (Å²) in [5.74, 6) is -0.193. The Bertz CT molecular complexity index is 602. The van der Waals surface area contributed by atoms with Crippen molar-refractivity contribution in [3.63, 3.8) is 0 Å². The second kappa shape index (κ2) is 10.3. The number of amides is 1. The second-order valence-electron chi connectivity index (χ2n) is 8.38. The standard InChI is InChI=1S/C22H35N3O3/c1-17(2)23-22(27)21-20(26)9-8-19(28-21)10-11-24-12-14-25(15-13-24)16-18-6-4-3-5-7-18/h3-7,17,19-21,26H,8-16H2,1-2H3,(H,23,27)/t19-,20-,21-/m0/s1. The first-order valence-electron chi connectivity index (χ1n) is 10.6. The lowest BCUT2D eigenvalue weighted by molar-refractivity contribution is -0.159. The number of hydrogen-bond acceptors (Lipinski definition) is 5. The Morgan fingerprint density at radius 2 is 1.82 bits per heavy atom. The van der Waals surface area contributed by atoms with Crippen LogP contribution < -0.4 is 5.32 Å². The highest BCUT2D eigenvalue weighted by Crippen LogP contribution is 2.23. The van der Waals surface area contributed by atoms with Gasteiger partial charge in [-0.15, -0.1) is 0 Å². The summed E-state index contributed by atoms with van der Waals surface area (Å²) in [7, 11) is 0. The van der Waals surface area contributed by atoms with E-state index in [0.29, 0.717) is 6.42 Å². The number of aliphatic hydroxyl groups is 1. The fourth-order valence-corrected chi connectivity index (χ4v) is 4.03. The van der Waals surface area contributed by atoms with Gasteiger partial charge in [0, 0.05) is 45.3 Å². The van der Waals surface area contributed by atoms with Gasteiger partial charge in [0.15, 0.2) is 6.10 Å². The number of carbonyl (C=O) groups excluding carboxylic acids is 1. The zero-order chi connectivity index (χ0) is 19.9. The van der Waals surface area contributed by atoms with Gasteiger partial charge in [-0.3, -0.25) is 9.69 Å². The molecule has 3 rings (SSSR count). The third-order valence-electron chi connectivity index (χ3n) is 5.64. The molecule has 0 radical (unpaired) electrons. The van der Waals surface area contributed by atoms with Crippen molar-refractivity contribution < 1.29 is 14.6 Å². The monoisotopic (exact) mass is 389 g/mol. The van der Waals surface area contributed by atoms with Crippen molar-refractivity contribution in [3.8, 4) is 0 Å². The smallest absolute Gasteiger partial charge is 0.252 e. The van der Waals surface area contributed by atoms with Crippen LogP contribution in [0.5, 0.6) is 0 Å². The molecule has 28 heavy (non-hydrogen) atoms. The van der Waals surface area contributed by atoms with Gasteiger partial charge in [0.05, 0.1) is 12.2 Å². The highest BCUT2D eigenvalue weighted by atomic mass is 16.5. The number of hydrogen-bond donors (Lipinski definition) is 2. The lowest BCUT2D eigenvalue weighted by atomic mass is 9.98. The van der Waals surface area contributed by atoms with Gasteiger partial charge in [0.1, 0.15) is 0 Å². The molecule has 6 nitrogen and oxygen atoms in total. The van der Waals surface area contributed by atoms with Gasteiger partial charge < -0.3 is 20.1 Å². The molecule has 0 aromatic heterocycles. The van der Waals surface area contributed by atoms with Crippen LogP contribution in [0.15, 0.2) is 30.3 Å². The van der Waals surface area contributed by atoms with E-state index in [1.165, 1.54) is 5.56 Å². The van der Waals surface area contributed by atoms with Crippen molar-refractivity contribution in [3.05, 3.63) is 35.9 Å². The lowest BCUT2D eigenvalue weighted by Crippen LogP contribution is -2.51. The summed E-state index contributed by atoms with van der Waals surface area (Å²) < 4.78 is 5.95. The van der Waals surface area contributed by atoms with Gasteiger partial charge in [-0.05, 0) is 38.7 Å². The van der Waals surface area contributed by atoms with Crippen LogP contribution in [0.2, 0.25) is 0 Å². The highest BCUT2D eigenvalue weighted by Gasteiger charge is 2.35. The Labute approximate surface area is 168 Å². The zero-order valence-corrected chi connectivity index (χ0v) is 17.2. The highest BCUT2D eigenvalue weighted by molar-refractivity contribution is 5.81. The van der Waals surface area contributed by atoms with Gasteiger partial charge in [0.2, 0.25) is 0 Å². The topological polar surface area (TPSA) is 65.0 Å². The first kappa shape index (κ1) is 21.2. The Morgan fingerprint density at radius 3 is 2.50 bits per heavy atom. The molecule has 2 saturated heterocycles. The van der Waals surface area contributed by atoms with E-state index in [4.69, 9.17) is 4.74 Å². The van der Waals surface area contributed by atoms with Crippen molar-refractivity contribution >= 4 is 5.91 Å². The molecule has 2 fully saturated rings. The van der Waals surface area contributed by atoms with Crippen LogP contribution in [0.3, 0.4) is 0 Å². The van der Waals surface area contributed by atoms with E-state index in [2.05, 4.69) is 45.4 Å². The molecule has 1 amide bonds. The van der Waals surface area contributed by atoms with E-state index in [1.807, 2.05) is 13.8 Å². The molecule has 2 aliphatic heterocycles.